The normalized spacial score (nSPS) is 27.5. The Morgan fingerprint density at radius 3 is 2.54 bits per heavy atom. The zero-order valence-electron chi connectivity index (χ0n) is 19.5. The van der Waals surface area contributed by atoms with Gasteiger partial charge in [-0.05, 0) is 37.8 Å². The molecule has 1 aromatic rings. The predicted octanol–water partition coefficient (Wildman–Crippen LogP) is 3.00. The number of rotatable bonds is 8. The van der Waals surface area contributed by atoms with E-state index in [2.05, 4.69) is 10.6 Å². The third-order valence-corrected chi connectivity index (χ3v) is 7.65. The molecule has 1 saturated carbocycles. The Morgan fingerprint density at radius 2 is 1.95 bits per heavy atom. The van der Waals surface area contributed by atoms with Crippen LogP contribution >= 0.6 is 11.6 Å². The van der Waals surface area contributed by atoms with E-state index in [0.717, 1.165) is 12.1 Å². The standard InChI is InChI=1S/C24H25ClF5N3O4/c25-14-3-1-2-13(9-14)24(29,30)22(37)33-15-4-5-16(23(27,28)10-15)19(33)21(36)32-17(18(34)11-26)8-12-6-7-31-20(12)35/h1-3,9,12,15-17,19H,4-8,10-11H2,(H,31,35)(H,32,36)/t12-,15-,16-,17-,19-/m1/s1. The Labute approximate surface area is 214 Å². The number of nitrogens with zero attached hydrogens (tertiary/aromatic N) is 1. The van der Waals surface area contributed by atoms with E-state index in [4.69, 9.17) is 11.6 Å². The third-order valence-electron chi connectivity index (χ3n) is 7.41. The summed E-state index contributed by atoms with van der Waals surface area (Å²) in [6.07, 6.45) is -1.10. The van der Waals surface area contributed by atoms with E-state index in [0.29, 0.717) is 17.9 Å². The van der Waals surface area contributed by atoms with Crippen molar-refractivity contribution < 1.29 is 41.1 Å². The van der Waals surface area contributed by atoms with E-state index in [9.17, 15) is 32.3 Å². The number of nitrogens with one attached hydrogen (secondary N) is 2. The molecule has 7 nitrogen and oxygen atoms in total. The molecule has 2 N–H and O–H groups in total. The minimum atomic E-state index is -4.19. The molecule has 3 amide bonds. The summed E-state index contributed by atoms with van der Waals surface area (Å²) in [6.45, 7) is -1.19. The van der Waals surface area contributed by atoms with Crippen molar-refractivity contribution in [3.63, 3.8) is 0 Å². The Hall–Kier alpha value is -2.76. The molecule has 13 heteroatoms. The van der Waals surface area contributed by atoms with Crippen molar-refractivity contribution in [2.45, 2.75) is 62.1 Å². The number of Topliss-reactive ketones (excluding diaryl/α,β-unsaturated/α-hetero) is 1. The lowest BCUT2D eigenvalue weighted by Gasteiger charge is -2.54. The summed E-state index contributed by atoms with van der Waals surface area (Å²) in [7, 11) is 0. The molecule has 2 bridgehead atoms. The highest BCUT2D eigenvalue weighted by atomic mass is 35.5. The van der Waals surface area contributed by atoms with E-state index in [1.165, 1.54) is 12.1 Å². The van der Waals surface area contributed by atoms with Crippen molar-refractivity contribution in [3.8, 4) is 0 Å². The number of hydrogen-bond acceptors (Lipinski definition) is 4. The first-order valence-electron chi connectivity index (χ1n) is 11.9. The second kappa shape index (κ2) is 10.2. The summed E-state index contributed by atoms with van der Waals surface area (Å²) in [5, 5.41) is 4.65. The molecule has 4 fully saturated rings. The number of piperidine rings is 2. The van der Waals surface area contributed by atoms with Gasteiger partial charge in [0.2, 0.25) is 11.8 Å². The second-order valence-electron chi connectivity index (χ2n) is 9.72. The quantitative estimate of drug-likeness (QED) is 0.488. The lowest BCUT2D eigenvalue weighted by molar-refractivity contribution is -0.207. The SMILES string of the molecule is O=C1NCC[C@@H]1C[C@@H](NC(=O)[C@H]1[C@H]2CC[C@H](CC2(F)F)N1C(=O)C(F)(F)c1cccc(Cl)c1)C(=O)CF. The van der Waals surface area contributed by atoms with Crippen molar-refractivity contribution in [1.82, 2.24) is 15.5 Å². The maximum Gasteiger partial charge on any atom is 0.350 e. The summed E-state index contributed by atoms with van der Waals surface area (Å²) < 4.78 is 73.6. The number of amides is 3. The fourth-order valence-corrected chi connectivity index (χ4v) is 5.73. The Kier molecular flexibility index (Phi) is 7.51. The lowest BCUT2D eigenvalue weighted by Crippen LogP contribution is -2.70. The summed E-state index contributed by atoms with van der Waals surface area (Å²) in [6, 6.07) is -0.585. The first-order valence-corrected chi connectivity index (χ1v) is 12.3. The van der Waals surface area contributed by atoms with E-state index >= 15 is 8.78 Å². The molecule has 5 atom stereocenters. The smallest absolute Gasteiger partial charge is 0.350 e. The molecule has 0 aromatic heterocycles. The van der Waals surface area contributed by atoms with Crippen LogP contribution in [0.2, 0.25) is 5.02 Å². The minimum absolute atomic E-state index is 0.0174. The zero-order valence-corrected chi connectivity index (χ0v) is 20.2. The average molecular weight is 550 g/mol. The van der Waals surface area contributed by atoms with Gasteiger partial charge in [-0.1, -0.05) is 23.7 Å². The number of carbonyl (C=O) groups excluding carboxylic acids is 4. The molecule has 0 spiro atoms. The summed E-state index contributed by atoms with van der Waals surface area (Å²) in [4.78, 5) is 51.1. The number of ketones is 1. The Morgan fingerprint density at radius 1 is 1.22 bits per heavy atom. The number of fused-ring (bicyclic) bond motifs is 3. The molecule has 1 aromatic carbocycles. The van der Waals surface area contributed by atoms with E-state index in [1.54, 1.807) is 0 Å². The van der Waals surface area contributed by atoms with E-state index < -0.39 is 84.0 Å². The monoisotopic (exact) mass is 549 g/mol. The van der Waals surface area contributed by atoms with E-state index in [1.807, 2.05) is 0 Å². The van der Waals surface area contributed by atoms with Crippen LogP contribution in [-0.4, -0.2) is 65.7 Å². The van der Waals surface area contributed by atoms with Crippen molar-refractivity contribution in [2.24, 2.45) is 11.8 Å². The molecule has 37 heavy (non-hydrogen) atoms. The van der Waals surface area contributed by atoms with Crippen LogP contribution in [0, 0.1) is 11.8 Å². The molecule has 3 heterocycles. The fourth-order valence-electron chi connectivity index (χ4n) is 5.54. The molecular formula is C24H25ClF5N3O4. The van der Waals surface area contributed by atoms with Gasteiger partial charge in [-0.15, -0.1) is 0 Å². The molecule has 5 rings (SSSR count). The molecule has 202 valence electrons. The minimum Gasteiger partial charge on any atom is -0.356 e. The summed E-state index contributed by atoms with van der Waals surface area (Å²) in [5.41, 5.74) is -0.768. The highest BCUT2D eigenvalue weighted by Crippen LogP contribution is 2.50. The topological polar surface area (TPSA) is 95.6 Å². The molecule has 0 radical (unpaired) electrons. The van der Waals surface area contributed by atoms with Crippen LogP contribution in [-0.2, 0) is 25.1 Å². The molecular weight excluding hydrogens is 525 g/mol. The highest BCUT2D eigenvalue weighted by molar-refractivity contribution is 6.30. The van der Waals surface area contributed by atoms with Crippen molar-refractivity contribution >= 4 is 35.1 Å². The van der Waals surface area contributed by atoms with Crippen LogP contribution < -0.4 is 10.6 Å². The van der Waals surface area contributed by atoms with Gasteiger partial charge in [0.1, 0.15) is 12.7 Å². The molecule has 3 saturated heterocycles. The number of hydrogen-bond donors (Lipinski definition) is 2. The number of benzene rings is 1. The van der Waals surface area contributed by atoms with Crippen molar-refractivity contribution in [3.05, 3.63) is 34.9 Å². The van der Waals surface area contributed by atoms with Gasteiger partial charge >= 0.3 is 5.92 Å². The highest BCUT2D eigenvalue weighted by Gasteiger charge is 2.63. The van der Waals surface area contributed by atoms with Gasteiger partial charge in [0.15, 0.2) is 5.78 Å². The number of carbonyl (C=O) groups is 4. The van der Waals surface area contributed by atoms with Gasteiger partial charge < -0.3 is 15.5 Å². The first kappa shape index (κ1) is 27.3. The van der Waals surface area contributed by atoms with Gasteiger partial charge in [-0.2, -0.15) is 8.78 Å². The lowest BCUT2D eigenvalue weighted by atomic mass is 9.71. The fraction of sp³-hybridized carbons (Fsp3) is 0.583. The van der Waals surface area contributed by atoms with Gasteiger partial charge in [0, 0.05) is 35.5 Å². The molecule has 3 aliphatic heterocycles. The van der Waals surface area contributed by atoms with Gasteiger partial charge in [-0.25, -0.2) is 13.2 Å². The Bertz CT molecular complexity index is 1100. The predicted molar refractivity (Wildman–Crippen MR) is 121 cm³/mol. The van der Waals surface area contributed by atoms with Crippen LogP contribution in [0.1, 0.15) is 37.7 Å². The van der Waals surface area contributed by atoms with Crippen LogP contribution in [0.3, 0.4) is 0 Å². The maximum atomic E-state index is 15.3. The van der Waals surface area contributed by atoms with Crippen molar-refractivity contribution in [2.75, 3.05) is 13.2 Å². The van der Waals surface area contributed by atoms with Crippen molar-refractivity contribution in [1.29, 1.82) is 0 Å². The van der Waals surface area contributed by atoms with Crippen LogP contribution in [0.5, 0.6) is 0 Å². The molecule has 4 aliphatic rings. The Balaban J connectivity index is 1.64. The number of alkyl halides is 5. The largest absolute Gasteiger partial charge is 0.356 e. The summed E-state index contributed by atoms with van der Waals surface area (Å²) >= 11 is 5.79. The average Bonchev–Trinajstić information content (AvgIpc) is 3.25. The van der Waals surface area contributed by atoms with Gasteiger partial charge in [0.05, 0.1) is 12.0 Å². The molecule has 0 unspecified atom stereocenters. The van der Waals surface area contributed by atoms with Crippen LogP contribution in [0.4, 0.5) is 22.0 Å². The second-order valence-corrected chi connectivity index (χ2v) is 10.2. The van der Waals surface area contributed by atoms with Gasteiger partial charge in [0.25, 0.3) is 11.8 Å². The van der Waals surface area contributed by atoms with Crippen LogP contribution in [0.25, 0.3) is 0 Å². The van der Waals surface area contributed by atoms with Crippen LogP contribution in [0.15, 0.2) is 24.3 Å². The first-order chi connectivity index (χ1) is 17.4. The summed E-state index contributed by atoms with van der Waals surface area (Å²) in [5.74, 6) is -14.7. The zero-order chi connectivity index (χ0) is 27.1. The van der Waals surface area contributed by atoms with Gasteiger partial charge in [-0.3, -0.25) is 19.2 Å². The third kappa shape index (κ3) is 5.17. The number of halogens is 6. The maximum absolute atomic E-state index is 15.3. The molecule has 1 aliphatic carbocycles. The van der Waals surface area contributed by atoms with E-state index in [-0.39, 0.29) is 24.3 Å².